The van der Waals surface area contributed by atoms with E-state index in [4.69, 9.17) is 33.7 Å². The quantitative estimate of drug-likeness (QED) is 0.905. The minimum absolute atomic E-state index is 0. The molecule has 118 valence electrons. The third kappa shape index (κ3) is 4.24. The summed E-state index contributed by atoms with van der Waals surface area (Å²) in [6.45, 7) is 0.935. The average molecular weight is 354 g/mol. The van der Waals surface area contributed by atoms with Crippen LogP contribution in [0.4, 0.5) is 0 Å². The highest BCUT2D eigenvalue weighted by Crippen LogP contribution is 2.35. The van der Waals surface area contributed by atoms with Crippen LogP contribution < -0.4 is 5.73 Å². The summed E-state index contributed by atoms with van der Waals surface area (Å²) >= 11 is 12.0. The van der Waals surface area contributed by atoms with Crippen LogP contribution in [0.2, 0.25) is 10.0 Å². The Labute approximate surface area is 140 Å². The molecule has 7 heteroatoms. The van der Waals surface area contributed by atoms with Gasteiger partial charge in [0.05, 0.1) is 22.7 Å². The van der Waals surface area contributed by atoms with Crippen LogP contribution in [0, 0.1) is 0 Å². The molecule has 1 aromatic rings. The molecule has 0 radical (unpaired) electrons. The number of carbonyl (C=O) groups is 1. The molecule has 2 atom stereocenters. The maximum atomic E-state index is 12.3. The van der Waals surface area contributed by atoms with Gasteiger partial charge in [-0.05, 0) is 30.5 Å². The van der Waals surface area contributed by atoms with Crippen molar-refractivity contribution in [1.29, 1.82) is 0 Å². The standard InChI is InChI=1S/C14H18Cl2N2O2.ClH/c1-20-8-12(17)14(19)18-6-2-3-13(18)9-4-5-10(15)11(16)7-9;/h4-5,7,12-13H,2-3,6,8,17H2,1H3;1H. The van der Waals surface area contributed by atoms with Crippen molar-refractivity contribution in [2.75, 3.05) is 20.3 Å². The maximum absolute atomic E-state index is 12.3. The van der Waals surface area contributed by atoms with Crippen molar-refractivity contribution >= 4 is 41.5 Å². The first-order chi connectivity index (χ1) is 9.54. The van der Waals surface area contributed by atoms with E-state index < -0.39 is 6.04 Å². The van der Waals surface area contributed by atoms with Crippen LogP contribution in [-0.4, -0.2) is 37.1 Å². The molecule has 1 saturated heterocycles. The monoisotopic (exact) mass is 352 g/mol. The Morgan fingerprint density at radius 1 is 1.48 bits per heavy atom. The molecule has 0 bridgehead atoms. The van der Waals surface area contributed by atoms with Gasteiger partial charge in [-0.2, -0.15) is 0 Å². The molecule has 0 spiro atoms. The van der Waals surface area contributed by atoms with Gasteiger partial charge in [0.25, 0.3) is 0 Å². The van der Waals surface area contributed by atoms with E-state index in [1.807, 2.05) is 17.0 Å². The van der Waals surface area contributed by atoms with Crippen LogP contribution in [0.3, 0.4) is 0 Å². The van der Waals surface area contributed by atoms with Gasteiger partial charge in [-0.3, -0.25) is 4.79 Å². The molecule has 1 heterocycles. The Morgan fingerprint density at radius 2 is 2.19 bits per heavy atom. The van der Waals surface area contributed by atoms with E-state index in [1.165, 1.54) is 7.11 Å². The number of carbonyl (C=O) groups excluding carboxylic acids is 1. The summed E-state index contributed by atoms with van der Waals surface area (Å²) in [5, 5.41) is 1.02. The molecule has 0 aromatic heterocycles. The highest BCUT2D eigenvalue weighted by atomic mass is 35.5. The highest BCUT2D eigenvalue weighted by Gasteiger charge is 2.32. The van der Waals surface area contributed by atoms with Gasteiger partial charge < -0.3 is 15.4 Å². The molecule has 2 unspecified atom stereocenters. The second-order valence-electron chi connectivity index (χ2n) is 4.93. The number of rotatable bonds is 4. The summed E-state index contributed by atoms with van der Waals surface area (Å²) in [4.78, 5) is 14.1. The number of hydrogen-bond acceptors (Lipinski definition) is 3. The number of halogens is 3. The van der Waals surface area contributed by atoms with Crippen LogP contribution in [0.1, 0.15) is 24.4 Å². The lowest BCUT2D eigenvalue weighted by Gasteiger charge is -2.27. The summed E-state index contributed by atoms with van der Waals surface area (Å²) in [7, 11) is 1.54. The molecule has 2 N–H and O–H groups in total. The first kappa shape index (κ1) is 18.5. The lowest BCUT2D eigenvalue weighted by atomic mass is 10.0. The number of amides is 1. The van der Waals surface area contributed by atoms with E-state index in [2.05, 4.69) is 0 Å². The number of hydrogen-bond donors (Lipinski definition) is 1. The maximum Gasteiger partial charge on any atom is 0.242 e. The van der Waals surface area contributed by atoms with Gasteiger partial charge in [0.2, 0.25) is 5.91 Å². The fourth-order valence-corrected chi connectivity index (χ4v) is 2.87. The molecule has 1 aromatic carbocycles. The molecular weight excluding hydrogens is 335 g/mol. The second kappa shape index (κ2) is 8.20. The Balaban J connectivity index is 0.00000220. The first-order valence-corrected chi connectivity index (χ1v) is 7.30. The zero-order valence-corrected chi connectivity index (χ0v) is 14.0. The summed E-state index contributed by atoms with van der Waals surface area (Å²) in [6.07, 6.45) is 1.86. The fourth-order valence-electron chi connectivity index (χ4n) is 2.56. The van der Waals surface area contributed by atoms with E-state index in [0.29, 0.717) is 16.6 Å². The van der Waals surface area contributed by atoms with E-state index >= 15 is 0 Å². The van der Waals surface area contributed by atoms with Gasteiger partial charge in [-0.15, -0.1) is 12.4 Å². The molecule has 2 rings (SSSR count). The number of methoxy groups -OCH3 is 1. The Bertz CT molecular complexity index is 499. The van der Waals surface area contributed by atoms with Crippen LogP contribution in [-0.2, 0) is 9.53 Å². The van der Waals surface area contributed by atoms with Crippen molar-refractivity contribution in [1.82, 2.24) is 4.90 Å². The molecule has 1 amide bonds. The van der Waals surface area contributed by atoms with Crippen molar-refractivity contribution in [2.45, 2.75) is 24.9 Å². The third-order valence-corrected chi connectivity index (χ3v) is 4.27. The van der Waals surface area contributed by atoms with E-state index in [0.717, 1.165) is 18.4 Å². The van der Waals surface area contributed by atoms with E-state index in [1.54, 1.807) is 6.07 Å². The van der Waals surface area contributed by atoms with Crippen LogP contribution >= 0.6 is 35.6 Å². The Morgan fingerprint density at radius 3 is 2.81 bits per heavy atom. The molecule has 1 aliphatic heterocycles. The summed E-state index contributed by atoms with van der Waals surface area (Å²) in [5.41, 5.74) is 6.83. The first-order valence-electron chi connectivity index (χ1n) is 6.54. The number of nitrogens with two attached hydrogens (primary N) is 1. The van der Waals surface area contributed by atoms with Crippen LogP contribution in [0.5, 0.6) is 0 Å². The van der Waals surface area contributed by atoms with Crippen molar-refractivity contribution in [2.24, 2.45) is 5.73 Å². The molecule has 21 heavy (non-hydrogen) atoms. The largest absolute Gasteiger partial charge is 0.383 e. The number of ether oxygens (including phenoxy) is 1. The number of nitrogens with zero attached hydrogens (tertiary/aromatic N) is 1. The SMILES string of the molecule is COCC(N)C(=O)N1CCCC1c1ccc(Cl)c(Cl)c1.Cl. The molecule has 1 aliphatic rings. The van der Waals surface area contributed by atoms with Gasteiger partial charge in [0.1, 0.15) is 6.04 Å². The minimum Gasteiger partial charge on any atom is -0.383 e. The summed E-state index contributed by atoms with van der Waals surface area (Å²) in [6, 6.07) is 4.88. The fraction of sp³-hybridized carbons (Fsp3) is 0.500. The van der Waals surface area contributed by atoms with Gasteiger partial charge >= 0.3 is 0 Å². The molecule has 4 nitrogen and oxygen atoms in total. The van der Waals surface area contributed by atoms with Crippen molar-refractivity contribution in [3.63, 3.8) is 0 Å². The lowest BCUT2D eigenvalue weighted by molar-refractivity contribution is -0.134. The lowest BCUT2D eigenvalue weighted by Crippen LogP contribution is -2.45. The minimum atomic E-state index is -0.622. The average Bonchev–Trinajstić information content (AvgIpc) is 2.90. The highest BCUT2D eigenvalue weighted by molar-refractivity contribution is 6.42. The molecule has 0 saturated carbocycles. The van der Waals surface area contributed by atoms with Crippen molar-refractivity contribution in [3.8, 4) is 0 Å². The number of likely N-dealkylation sites (tertiary alicyclic amines) is 1. The Hall–Kier alpha value is -0.520. The van der Waals surface area contributed by atoms with Crippen LogP contribution in [0.25, 0.3) is 0 Å². The smallest absolute Gasteiger partial charge is 0.242 e. The molecule has 1 fully saturated rings. The summed E-state index contributed by atoms with van der Waals surface area (Å²) < 4.78 is 4.95. The van der Waals surface area contributed by atoms with Gasteiger partial charge in [0.15, 0.2) is 0 Å². The predicted molar refractivity (Wildman–Crippen MR) is 87.2 cm³/mol. The van der Waals surface area contributed by atoms with E-state index in [9.17, 15) is 4.79 Å². The normalized spacial score (nSPS) is 19.2. The predicted octanol–water partition coefficient (Wildman–Crippen LogP) is 3.05. The molecular formula is C14H19Cl3N2O2. The molecule has 0 aliphatic carbocycles. The van der Waals surface area contributed by atoms with E-state index in [-0.39, 0.29) is 31.0 Å². The third-order valence-electron chi connectivity index (χ3n) is 3.53. The topological polar surface area (TPSA) is 55.6 Å². The number of benzene rings is 1. The van der Waals surface area contributed by atoms with Crippen molar-refractivity contribution in [3.05, 3.63) is 33.8 Å². The van der Waals surface area contributed by atoms with Gasteiger partial charge in [0, 0.05) is 13.7 Å². The second-order valence-corrected chi connectivity index (χ2v) is 5.74. The zero-order chi connectivity index (χ0) is 14.7. The van der Waals surface area contributed by atoms with Crippen LogP contribution in [0.15, 0.2) is 18.2 Å². The van der Waals surface area contributed by atoms with Crippen molar-refractivity contribution < 1.29 is 9.53 Å². The van der Waals surface area contributed by atoms with Gasteiger partial charge in [-0.1, -0.05) is 29.3 Å². The summed E-state index contributed by atoms with van der Waals surface area (Å²) in [5.74, 6) is -0.0829. The van der Waals surface area contributed by atoms with Gasteiger partial charge in [-0.25, -0.2) is 0 Å². The Kier molecular flexibility index (Phi) is 7.24. The zero-order valence-electron chi connectivity index (χ0n) is 11.7.